The zero-order valence-electron chi connectivity index (χ0n) is 18.2. The van der Waals surface area contributed by atoms with Gasteiger partial charge in [0.25, 0.3) is 0 Å². The third-order valence-corrected chi connectivity index (χ3v) is 12.6. The van der Waals surface area contributed by atoms with Gasteiger partial charge >= 0.3 is 0 Å². The van der Waals surface area contributed by atoms with E-state index in [9.17, 15) is 21.2 Å². The predicted molar refractivity (Wildman–Crippen MR) is 123 cm³/mol. The van der Waals surface area contributed by atoms with Crippen LogP contribution in [0.2, 0.25) is 5.02 Å². The molecular formula is C23H24ClF2NO5S2. The van der Waals surface area contributed by atoms with E-state index in [2.05, 4.69) is 0 Å². The number of ether oxygens (including phenoxy) is 1. The van der Waals surface area contributed by atoms with Crippen molar-refractivity contribution in [3.63, 3.8) is 0 Å². The van der Waals surface area contributed by atoms with Gasteiger partial charge in [-0.3, -0.25) is 0 Å². The van der Waals surface area contributed by atoms with Crippen LogP contribution in [0.1, 0.15) is 37.7 Å². The Kier molecular flexibility index (Phi) is 5.94. The zero-order chi connectivity index (χ0) is 24.3. The van der Waals surface area contributed by atoms with E-state index in [0.29, 0.717) is 18.1 Å². The van der Waals surface area contributed by atoms with Gasteiger partial charge in [0, 0.05) is 24.0 Å². The highest BCUT2D eigenvalue weighted by Gasteiger charge is 2.61. The summed E-state index contributed by atoms with van der Waals surface area (Å²) in [5, 5.41) is -0.482. The molecule has 1 aliphatic carbocycles. The van der Waals surface area contributed by atoms with Crippen molar-refractivity contribution in [2.24, 2.45) is 5.92 Å². The normalized spacial score (nSPS) is 27.6. The molecule has 11 heteroatoms. The second-order valence-electron chi connectivity index (χ2n) is 9.14. The third-order valence-electron chi connectivity index (χ3n) is 7.41. The average molecular weight is 532 g/mol. The fourth-order valence-electron chi connectivity index (χ4n) is 5.73. The number of hydrogen-bond donors (Lipinski definition) is 0. The van der Waals surface area contributed by atoms with Crippen molar-refractivity contribution in [1.29, 1.82) is 0 Å². The topological polar surface area (TPSA) is 80.8 Å². The monoisotopic (exact) mass is 531 g/mol. The van der Waals surface area contributed by atoms with Gasteiger partial charge in [0.2, 0.25) is 10.0 Å². The first-order valence-corrected chi connectivity index (χ1v) is 14.6. The van der Waals surface area contributed by atoms with Gasteiger partial charge in [-0.2, -0.15) is 0 Å². The van der Waals surface area contributed by atoms with E-state index in [0.717, 1.165) is 25.0 Å². The Morgan fingerprint density at radius 2 is 1.62 bits per heavy atom. The van der Waals surface area contributed by atoms with E-state index in [1.165, 1.54) is 28.6 Å². The maximum Gasteiger partial charge on any atom is 0.216 e. The summed E-state index contributed by atoms with van der Waals surface area (Å²) in [4.78, 5) is -0.0840. The number of fused-ring (bicyclic) bond motifs is 3. The fraction of sp³-hybridized carbons (Fsp3) is 0.478. The summed E-state index contributed by atoms with van der Waals surface area (Å²) in [5.74, 6) is -3.05. The van der Waals surface area contributed by atoms with Crippen molar-refractivity contribution in [3.8, 4) is 5.75 Å². The molecule has 0 N–H and O–H groups in total. The Bertz CT molecular complexity index is 1330. The summed E-state index contributed by atoms with van der Waals surface area (Å²) < 4.78 is 90.0. The van der Waals surface area contributed by atoms with Gasteiger partial charge in [0.05, 0.1) is 22.3 Å². The molecule has 0 radical (unpaired) electrons. The Morgan fingerprint density at radius 1 is 0.971 bits per heavy atom. The molecule has 6 nitrogen and oxygen atoms in total. The second-order valence-corrected chi connectivity index (χ2v) is 14.0. The minimum absolute atomic E-state index is 0.0115. The van der Waals surface area contributed by atoms with Gasteiger partial charge in [-0.1, -0.05) is 11.6 Å². The number of sulfone groups is 1. The van der Waals surface area contributed by atoms with Crippen molar-refractivity contribution in [2.45, 2.75) is 47.0 Å². The standard InChI is InChI=1S/C23H24ClF2NO5S2/c24-16-3-5-17(6-4-16)33(28,29)23-10-9-18(34(30,31)27-11-1-2-12-27)13-15(23)14-32-22-20(26)8-7-19(25)21(22)23/h3-8,15,18H,1-2,9-14H2/t15?,18-,23-/m0/s1. The summed E-state index contributed by atoms with van der Waals surface area (Å²) in [5.41, 5.74) is -0.351. The molecule has 1 saturated carbocycles. The predicted octanol–water partition coefficient (Wildman–Crippen LogP) is 4.27. The third kappa shape index (κ3) is 3.48. The lowest BCUT2D eigenvalue weighted by atomic mass is 9.73. The molecule has 3 aliphatic rings. The molecule has 2 fully saturated rings. The molecule has 0 aromatic heterocycles. The van der Waals surface area contributed by atoms with Gasteiger partial charge in [-0.15, -0.1) is 0 Å². The summed E-state index contributed by atoms with van der Waals surface area (Å²) in [7, 11) is -7.95. The molecule has 5 rings (SSSR count). The van der Waals surface area contributed by atoms with E-state index in [1.807, 2.05) is 0 Å². The zero-order valence-corrected chi connectivity index (χ0v) is 20.6. The summed E-state index contributed by atoms with van der Waals surface area (Å²) >= 11 is 5.95. The smallest absolute Gasteiger partial charge is 0.216 e. The molecule has 1 unspecified atom stereocenters. The first-order valence-electron chi connectivity index (χ1n) is 11.2. The maximum atomic E-state index is 15.3. The number of nitrogens with zero attached hydrogens (tertiary/aromatic N) is 1. The Labute approximate surface area is 202 Å². The van der Waals surface area contributed by atoms with E-state index < -0.39 is 53.2 Å². The molecule has 0 spiro atoms. The molecule has 1 saturated heterocycles. The summed E-state index contributed by atoms with van der Waals surface area (Å²) in [6.07, 6.45) is 1.38. The molecule has 2 aromatic carbocycles. The van der Waals surface area contributed by atoms with Crippen LogP contribution in [0.15, 0.2) is 41.3 Å². The highest BCUT2D eigenvalue weighted by Crippen LogP contribution is 2.57. The average Bonchev–Trinajstić information content (AvgIpc) is 3.37. The van der Waals surface area contributed by atoms with Crippen LogP contribution >= 0.6 is 11.6 Å². The molecule has 34 heavy (non-hydrogen) atoms. The van der Waals surface area contributed by atoms with Crippen molar-refractivity contribution < 1.29 is 30.4 Å². The van der Waals surface area contributed by atoms with Gasteiger partial charge in [0.1, 0.15) is 10.6 Å². The lowest BCUT2D eigenvalue weighted by Crippen LogP contribution is -2.55. The van der Waals surface area contributed by atoms with Crippen LogP contribution in [0.3, 0.4) is 0 Å². The van der Waals surface area contributed by atoms with Crippen molar-refractivity contribution in [1.82, 2.24) is 4.31 Å². The molecule has 0 bridgehead atoms. The second kappa shape index (κ2) is 8.43. The van der Waals surface area contributed by atoms with Gasteiger partial charge in [-0.05, 0) is 68.5 Å². The van der Waals surface area contributed by atoms with Crippen LogP contribution in [-0.2, 0) is 24.6 Å². The lowest BCUT2D eigenvalue weighted by molar-refractivity contribution is 0.125. The van der Waals surface area contributed by atoms with E-state index >= 15 is 4.39 Å². The van der Waals surface area contributed by atoms with E-state index in [-0.39, 0.29) is 36.3 Å². The number of sulfonamides is 1. The van der Waals surface area contributed by atoms with Crippen molar-refractivity contribution >= 4 is 31.5 Å². The molecule has 2 aromatic rings. The molecule has 0 amide bonds. The summed E-state index contributed by atoms with van der Waals surface area (Å²) in [6, 6.07) is 7.32. The van der Waals surface area contributed by atoms with Gasteiger partial charge < -0.3 is 4.74 Å². The fourth-order valence-corrected chi connectivity index (χ4v) is 10.3. The van der Waals surface area contributed by atoms with Crippen LogP contribution in [0.4, 0.5) is 8.78 Å². The highest BCUT2D eigenvalue weighted by atomic mass is 35.5. The first kappa shape index (κ1) is 24.0. The van der Waals surface area contributed by atoms with Crippen molar-refractivity contribution in [2.75, 3.05) is 19.7 Å². The van der Waals surface area contributed by atoms with E-state index in [4.69, 9.17) is 16.3 Å². The highest BCUT2D eigenvalue weighted by molar-refractivity contribution is 7.92. The minimum atomic E-state index is -4.29. The Morgan fingerprint density at radius 3 is 2.29 bits per heavy atom. The lowest BCUT2D eigenvalue weighted by Gasteiger charge is -2.49. The van der Waals surface area contributed by atoms with Gasteiger partial charge in [-0.25, -0.2) is 29.9 Å². The van der Waals surface area contributed by atoms with Crippen LogP contribution in [-0.4, -0.2) is 46.1 Å². The van der Waals surface area contributed by atoms with Crippen LogP contribution < -0.4 is 4.74 Å². The molecule has 184 valence electrons. The largest absolute Gasteiger partial charge is 0.490 e. The molecule has 2 heterocycles. The summed E-state index contributed by atoms with van der Waals surface area (Å²) in [6.45, 7) is 0.653. The SMILES string of the molecule is O=S(=O)([C@H]1CC[C@@]2(S(=O)(=O)c3ccc(Cl)cc3)c3c(F)ccc(F)c3OCC2C1)N1CCCC1. The Balaban J connectivity index is 1.66. The number of hydrogen-bond acceptors (Lipinski definition) is 5. The minimum Gasteiger partial charge on any atom is -0.490 e. The van der Waals surface area contributed by atoms with Crippen molar-refractivity contribution in [3.05, 3.63) is 58.6 Å². The van der Waals surface area contributed by atoms with E-state index in [1.54, 1.807) is 0 Å². The number of halogens is 3. The quantitative estimate of drug-likeness (QED) is 0.588. The number of rotatable bonds is 4. The molecule has 2 aliphatic heterocycles. The molecular weight excluding hydrogens is 508 g/mol. The molecule has 3 atom stereocenters. The number of benzene rings is 2. The van der Waals surface area contributed by atoms with Crippen LogP contribution in [0, 0.1) is 17.6 Å². The van der Waals surface area contributed by atoms with Crippen LogP contribution in [0.5, 0.6) is 5.75 Å². The first-order chi connectivity index (χ1) is 16.1. The Hall–Kier alpha value is -1.75. The van der Waals surface area contributed by atoms with Crippen LogP contribution in [0.25, 0.3) is 0 Å². The van der Waals surface area contributed by atoms with Gasteiger partial charge in [0.15, 0.2) is 21.4 Å². The maximum absolute atomic E-state index is 15.3.